The first-order chi connectivity index (χ1) is 19.9. The normalized spacial score (nSPS) is 14.4. The zero-order chi connectivity index (χ0) is 28.8. The molecule has 0 saturated carbocycles. The first-order valence-electron chi connectivity index (χ1n) is 12.7. The van der Waals surface area contributed by atoms with Crippen LogP contribution in [-0.4, -0.2) is 43.9 Å². The average molecular weight is 572 g/mol. The Morgan fingerprint density at radius 3 is 2.12 bits per heavy atom. The molecule has 208 valence electrons. The zero-order valence-corrected chi connectivity index (χ0v) is 22.8. The maximum absolute atomic E-state index is 12.7. The second-order valence-electron chi connectivity index (χ2n) is 9.10. The number of carbonyl (C=O) groups excluding carboxylic acids is 4. The molecule has 2 heterocycles. The second-order valence-corrected chi connectivity index (χ2v) is 10.0. The van der Waals surface area contributed by atoms with Crippen LogP contribution in [0.4, 0.5) is 5.69 Å². The zero-order valence-electron chi connectivity index (χ0n) is 22.0. The highest BCUT2D eigenvalue weighted by atomic mass is 32.1. The molecule has 1 saturated heterocycles. The fourth-order valence-corrected chi connectivity index (χ4v) is 4.79. The van der Waals surface area contributed by atoms with Gasteiger partial charge < -0.3 is 23.8 Å². The van der Waals surface area contributed by atoms with Crippen molar-refractivity contribution >= 4 is 40.7 Å². The molecule has 1 aliphatic rings. The van der Waals surface area contributed by atoms with Gasteiger partial charge in [0.15, 0.2) is 12.4 Å². The smallest absolute Gasteiger partial charge is 0.353 e. The third-order valence-corrected chi connectivity index (χ3v) is 7.21. The van der Waals surface area contributed by atoms with Crippen LogP contribution in [-0.2, 0) is 14.3 Å². The minimum absolute atomic E-state index is 0.0125. The molecule has 3 aromatic carbocycles. The van der Waals surface area contributed by atoms with Crippen molar-refractivity contribution in [3.8, 4) is 23.0 Å². The standard InChI is InChI=1S/C31H25NO8S/c1-37-23-12-14-25(15-13-23)39-24-10-6-22(7-11-24)32-18-21(17-29(32)34)30(35)38-19-27(33)20-4-8-26(9-5-20)40-31(36)28-3-2-16-41-28/h2-16,21H,17-19H2,1H3. The molecule has 41 heavy (non-hydrogen) atoms. The summed E-state index contributed by atoms with van der Waals surface area (Å²) < 4.78 is 21.5. The molecule has 0 aliphatic carbocycles. The van der Waals surface area contributed by atoms with Gasteiger partial charge in [0.25, 0.3) is 0 Å². The first-order valence-corrected chi connectivity index (χ1v) is 13.6. The van der Waals surface area contributed by atoms with Gasteiger partial charge in [0.2, 0.25) is 5.91 Å². The summed E-state index contributed by atoms with van der Waals surface area (Å²) in [6, 6.07) is 23.5. The van der Waals surface area contributed by atoms with Crippen LogP contribution in [0, 0.1) is 5.92 Å². The van der Waals surface area contributed by atoms with E-state index >= 15 is 0 Å². The van der Waals surface area contributed by atoms with Crippen LogP contribution in [0.15, 0.2) is 90.3 Å². The van der Waals surface area contributed by atoms with Crippen molar-refractivity contribution in [3.05, 3.63) is 101 Å². The van der Waals surface area contributed by atoms with E-state index in [1.165, 1.54) is 40.5 Å². The molecule has 0 spiro atoms. The fourth-order valence-electron chi connectivity index (χ4n) is 4.19. The van der Waals surface area contributed by atoms with Crippen LogP contribution in [0.1, 0.15) is 26.5 Å². The van der Waals surface area contributed by atoms with Crippen LogP contribution in [0.25, 0.3) is 0 Å². The molecule has 10 heteroatoms. The number of rotatable bonds is 10. The molecule has 5 rings (SSSR count). The van der Waals surface area contributed by atoms with Gasteiger partial charge in [-0.3, -0.25) is 14.4 Å². The van der Waals surface area contributed by atoms with Crippen LogP contribution in [0.3, 0.4) is 0 Å². The maximum Gasteiger partial charge on any atom is 0.353 e. The van der Waals surface area contributed by atoms with Gasteiger partial charge in [-0.05, 0) is 84.2 Å². The van der Waals surface area contributed by atoms with Gasteiger partial charge >= 0.3 is 11.9 Å². The molecule has 0 bridgehead atoms. The number of Topliss-reactive ketones (excluding diaryl/α,β-unsaturated/α-hetero) is 1. The van der Waals surface area contributed by atoms with Crippen molar-refractivity contribution in [2.75, 3.05) is 25.2 Å². The fraction of sp³-hybridized carbons (Fsp3) is 0.161. The Kier molecular flexibility index (Phi) is 8.40. The van der Waals surface area contributed by atoms with E-state index in [1.54, 1.807) is 73.2 Å². The average Bonchev–Trinajstić information content (AvgIpc) is 3.68. The van der Waals surface area contributed by atoms with E-state index in [0.29, 0.717) is 33.4 Å². The van der Waals surface area contributed by atoms with Gasteiger partial charge in [0.05, 0.1) is 13.0 Å². The van der Waals surface area contributed by atoms with Crippen molar-refractivity contribution in [1.29, 1.82) is 0 Å². The van der Waals surface area contributed by atoms with Crippen molar-refractivity contribution in [2.24, 2.45) is 5.92 Å². The topological polar surface area (TPSA) is 108 Å². The third-order valence-electron chi connectivity index (χ3n) is 6.36. The molecular weight excluding hydrogens is 546 g/mol. The number of nitrogens with zero attached hydrogens (tertiary/aromatic N) is 1. The van der Waals surface area contributed by atoms with Gasteiger partial charge in [-0.1, -0.05) is 6.07 Å². The largest absolute Gasteiger partial charge is 0.497 e. The SMILES string of the molecule is COc1ccc(Oc2ccc(N3CC(C(=O)OCC(=O)c4ccc(OC(=O)c5cccs5)cc4)CC3=O)cc2)cc1. The molecule has 1 aliphatic heterocycles. The number of amides is 1. The lowest BCUT2D eigenvalue weighted by molar-refractivity contribution is -0.147. The Hall–Kier alpha value is -4.96. The number of carbonyl (C=O) groups is 4. The molecule has 0 radical (unpaired) electrons. The lowest BCUT2D eigenvalue weighted by Gasteiger charge is -2.17. The van der Waals surface area contributed by atoms with Gasteiger partial charge in [-0.2, -0.15) is 0 Å². The first kappa shape index (κ1) is 27.6. The van der Waals surface area contributed by atoms with E-state index in [0.717, 1.165) is 5.75 Å². The van der Waals surface area contributed by atoms with Gasteiger partial charge in [0, 0.05) is 24.2 Å². The van der Waals surface area contributed by atoms with E-state index in [-0.39, 0.29) is 18.9 Å². The Morgan fingerprint density at radius 2 is 1.49 bits per heavy atom. The van der Waals surface area contributed by atoms with Crippen molar-refractivity contribution in [1.82, 2.24) is 0 Å². The highest BCUT2D eigenvalue weighted by Crippen LogP contribution is 2.30. The molecule has 1 fully saturated rings. The minimum atomic E-state index is -0.690. The molecule has 1 amide bonds. The summed E-state index contributed by atoms with van der Waals surface area (Å²) in [6.45, 7) is -0.315. The Morgan fingerprint density at radius 1 is 0.854 bits per heavy atom. The summed E-state index contributed by atoms with van der Waals surface area (Å²) in [5, 5.41) is 1.77. The number of methoxy groups -OCH3 is 1. The molecular formula is C31H25NO8S. The van der Waals surface area contributed by atoms with Crippen LogP contribution in [0.5, 0.6) is 23.0 Å². The predicted molar refractivity (Wildman–Crippen MR) is 151 cm³/mol. The highest BCUT2D eigenvalue weighted by Gasteiger charge is 2.36. The van der Waals surface area contributed by atoms with Gasteiger partial charge in [-0.25, -0.2) is 4.79 Å². The number of esters is 2. The number of ketones is 1. The van der Waals surface area contributed by atoms with E-state index in [2.05, 4.69) is 0 Å². The van der Waals surface area contributed by atoms with E-state index in [4.69, 9.17) is 18.9 Å². The van der Waals surface area contributed by atoms with Crippen LogP contribution < -0.4 is 19.1 Å². The Bertz CT molecular complexity index is 1530. The van der Waals surface area contributed by atoms with E-state index in [9.17, 15) is 19.2 Å². The van der Waals surface area contributed by atoms with Crippen LogP contribution >= 0.6 is 11.3 Å². The summed E-state index contributed by atoms with van der Waals surface area (Å²) in [5.74, 6) is -0.165. The Labute approximate surface area is 239 Å². The molecule has 1 unspecified atom stereocenters. The monoisotopic (exact) mass is 571 g/mol. The molecule has 0 N–H and O–H groups in total. The van der Waals surface area contributed by atoms with Crippen molar-refractivity contribution in [3.63, 3.8) is 0 Å². The number of benzene rings is 3. The lowest BCUT2D eigenvalue weighted by Crippen LogP contribution is -2.27. The van der Waals surface area contributed by atoms with E-state index < -0.39 is 30.2 Å². The summed E-state index contributed by atoms with van der Waals surface area (Å²) >= 11 is 1.27. The van der Waals surface area contributed by atoms with Gasteiger partial charge in [0.1, 0.15) is 27.9 Å². The van der Waals surface area contributed by atoms with Crippen molar-refractivity contribution in [2.45, 2.75) is 6.42 Å². The second kappa shape index (κ2) is 12.5. The van der Waals surface area contributed by atoms with Crippen molar-refractivity contribution < 1.29 is 38.1 Å². The molecule has 4 aromatic rings. The lowest BCUT2D eigenvalue weighted by atomic mass is 10.1. The number of hydrogen-bond donors (Lipinski definition) is 0. The quantitative estimate of drug-likeness (QED) is 0.139. The van der Waals surface area contributed by atoms with Gasteiger partial charge in [-0.15, -0.1) is 11.3 Å². The molecule has 1 aromatic heterocycles. The Balaban J connectivity index is 1.10. The number of thiophene rings is 1. The highest BCUT2D eigenvalue weighted by molar-refractivity contribution is 7.12. The maximum atomic E-state index is 12.7. The van der Waals surface area contributed by atoms with E-state index in [1.807, 2.05) is 0 Å². The number of anilines is 1. The third kappa shape index (κ3) is 6.79. The summed E-state index contributed by atoms with van der Waals surface area (Å²) in [5.41, 5.74) is 0.929. The minimum Gasteiger partial charge on any atom is -0.497 e. The van der Waals surface area contributed by atoms with Crippen LogP contribution in [0.2, 0.25) is 0 Å². The predicted octanol–water partition coefficient (Wildman–Crippen LogP) is 5.55. The number of ether oxygens (including phenoxy) is 4. The summed E-state index contributed by atoms with van der Waals surface area (Å²) in [7, 11) is 1.59. The molecule has 1 atom stereocenters. The number of hydrogen-bond acceptors (Lipinski definition) is 9. The summed E-state index contributed by atoms with van der Waals surface area (Å²) in [6.07, 6.45) is -0.0125. The summed E-state index contributed by atoms with van der Waals surface area (Å²) in [4.78, 5) is 51.9. The molecule has 9 nitrogen and oxygen atoms in total.